The van der Waals surface area contributed by atoms with Gasteiger partial charge in [0.25, 0.3) is 0 Å². The highest BCUT2D eigenvalue weighted by molar-refractivity contribution is 5.73. The van der Waals surface area contributed by atoms with E-state index in [0.717, 1.165) is 31.2 Å². The number of nitrogens with zero attached hydrogens (tertiary/aromatic N) is 1. The Balaban J connectivity index is 2.61. The lowest BCUT2D eigenvalue weighted by molar-refractivity contribution is 0.112. The van der Waals surface area contributed by atoms with Gasteiger partial charge >= 0.3 is 0 Å². The second kappa shape index (κ2) is 5.50. The highest BCUT2D eigenvalue weighted by Gasteiger charge is 2.05. The summed E-state index contributed by atoms with van der Waals surface area (Å²) in [5.41, 5.74) is 7.38. The minimum atomic E-state index is -0.00403. The van der Waals surface area contributed by atoms with Crippen LogP contribution in [-0.2, 0) is 0 Å². The van der Waals surface area contributed by atoms with Gasteiger partial charge in [-0.05, 0) is 18.6 Å². The van der Waals surface area contributed by atoms with Crippen LogP contribution in [-0.4, -0.2) is 11.3 Å². The van der Waals surface area contributed by atoms with Crippen LogP contribution in [0.3, 0.4) is 0 Å². The Hall–Kier alpha value is -1.22. The largest absolute Gasteiger partial charge is 0.323 e. The highest BCUT2D eigenvalue weighted by Crippen LogP contribution is 2.14. The van der Waals surface area contributed by atoms with Gasteiger partial charge in [0.15, 0.2) is 6.29 Å². The number of hydrogen-bond acceptors (Lipinski definition) is 3. The number of unbranched alkanes of at least 4 members (excludes halogenated alkanes) is 1. The van der Waals surface area contributed by atoms with E-state index in [9.17, 15) is 4.79 Å². The van der Waals surface area contributed by atoms with Gasteiger partial charge in [-0.2, -0.15) is 0 Å². The maximum absolute atomic E-state index is 10.4. The van der Waals surface area contributed by atoms with Crippen molar-refractivity contribution in [2.45, 2.75) is 32.2 Å². The average molecular weight is 192 g/mol. The third-order valence-corrected chi connectivity index (χ3v) is 2.19. The number of carbonyl (C=O) groups is 1. The lowest BCUT2D eigenvalue weighted by Gasteiger charge is -2.09. The van der Waals surface area contributed by atoms with E-state index in [1.165, 1.54) is 0 Å². The minimum absolute atomic E-state index is 0.00403. The van der Waals surface area contributed by atoms with Gasteiger partial charge in [0.05, 0.1) is 5.69 Å². The van der Waals surface area contributed by atoms with Crippen molar-refractivity contribution >= 4 is 6.29 Å². The van der Waals surface area contributed by atoms with Crippen LogP contribution >= 0.6 is 0 Å². The highest BCUT2D eigenvalue weighted by atomic mass is 16.1. The zero-order chi connectivity index (χ0) is 10.4. The van der Waals surface area contributed by atoms with Crippen molar-refractivity contribution in [1.29, 1.82) is 0 Å². The summed E-state index contributed by atoms with van der Waals surface area (Å²) in [6.45, 7) is 2.13. The van der Waals surface area contributed by atoms with Crippen molar-refractivity contribution in [1.82, 2.24) is 4.98 Å². The van der Waals surface area contributed by atoms with E-state index in [4.69, 9.17) is 5.73 Å². The molecule has 1 atom stereocenters. The lowest BCUT2D eigenvalue weighted by Crippen LogP contribution is -2.11. The fourth-order valence-electron chi connectivity index (χ4n) is 1.28. The molecule has 0 unspecified atom stereocenters. The van der Waals surface area contributed by atoms with E-state index in [1.807, 2.05) is 6.07 Å². The van der Waals surface area contributed by atoms with Gasteiger partial charge in [-0.15, -0.1) is 0 Å². The predicted molar refractivity (Wildman–Crippen MR) is 56.1 cm³/mol. The summed E-state index contributed by atoms with van der Waals surface area (Å²) in [6, 6.07) is 3.57. The van der Waals surface area contributed by atoms with Crippen LogP contribution in [0.2, 0.25) is 0 Å². The zero-order valence-corrected chi connectivity index (χ0v) is 8.44. The molecule has 0 amide bonds. The molecule has 1 heterocycles. The normalized spacial score (nSPS) is 12.4. The van der Waals surface area contributed by atoms with E-state index in [0.29, 0.717) is 5.56 Å². The van der Waals surface area contributed by atoms with Gasteiger partial charge in [-0.1, -0.05) is 19.8 Å². The third kappa shape index (κ3) is 2.92. The van der Waals surface area contributed by atoms with E-state index in [1.54, 1.807) is 12.3 Å². The minimum Gasteiger partial charge on any atom is -0.323 e. The van der Waals surface area contributed by atoms with E-state index < -0.39 is 0 Å². The molecule has 0 saturated heterocycles. The molecule has 14 heavy (non-hydrogen) atoms. The molecule has 0 aliphatic heterocycles. The van der Waals surface area contributed by atoms with Crippen LogP contribution in [0.4, 0.5) is 0 Å². The van der Waals surface area contributed by atoms with Crippen LogP contribution < -0.4 is 5.73 Å². The molecule has 1 rings (SSSR count). The van der Waals surface area contributed by atoms with Gasteiger partial charge < -0.3 is 5.73 Å². The number of pyridine rings is 1. The van der Waals surface area contributed by atoms with Crippen molar-refractivity contribution in [3.8, 4) is 0 Å². The van der Waals surface area contributed by atoms with Crippen molar-refractivity contribution in [2.75, 3.05) is 0 Å². The SMILES string of the molecule is CCCC[C@H](N)c1ccc(C=O)cn1. The Bertz CT molecular complexity index is 282. The fourth-order valence-corrected chi connectivity index (χ4v) is 1.28. The fraction of sp³-hybridized carbons (Fsp3) is 0.455. The van der Waals surface area contributed by atoms with Crippen molar-refractivity contribution in [2.24, 2.45) is 5.73 Å². The summed E-state index contributed by atoms with van der Waals surface area (Å²) in [5.74, 6) is 0. The molecule has 1 aromatic rings. The molecule has 0 aromatic carbocycles. The molecule has 2 N–H and O–H groups in total. The van der Waals surface area contributed by atoms with Gasteiger partial charge in [0.1, 0.15) is 0 Å². The Kier molecular flexibility index (Phi) is 4.26. The zero-order valence-electron chi connectivity index (χ0n) is 8.44. The standard InChI is InChI=1S/C11H16N2O/c1-2-3-4-10(12)11-6-5-9(8-14)7-13-11/h5-8,10H,2-4,12H2,1H3/t10-/m0/s1. The third-order valence-electron chi connectivity index (χ3n) is 2.19. The molecule has 76 valence electrons. The molecule has 0 radical (unpaired) electrons. The topological polar surface area (TPSA) is 56.0 Å². The summed E-state index contributed by atoms with van der Waals surface area (Å²) in [4.78, 5) is 14.5. The van der Waals surface area contributed by atoms with E-state index in [-0.39, 0.29) is 6.04 Å². The van der Waals surface area contributed by atoms with Gasteiger partial charge in [-0.3, -0.25) is 9.78 Å². The maximum atomic E-state index is 10.4. The monoisotopic (exact) mass is 192 g/mol. The summed E-state index contributed by atoms with van der Waals surface area (Å²) in [6.07, 6.45) is 5.55. The lowest BCUT2D eigenvalue weighted by atomic mass is 10.1. The molecule has 0 spiro atoms. The quantitative estimate of drug-likeness (QED) is 0.727. The number of hydrogen-bond donors (Lipinski definition) is 1. The van der Waals surface area contributed by atoms with Crippen LogP contribution in [0.1, 0.15) is 48.3 Å². The van der Waals surface area contributed by atoms with Crippen LogP contribution in [0.15, 0.2) is 18.3 Å². The van der Waals surface area contributed by atoms with Crippen LogP contribution in [0, 0.1) is 0 Å². The molecule has 1 aromatic heterocycles. The van der Waals surface area contributed by atoms with E-state index >= 15 is 0 Å². The first-order valence-corrected chi connectivity index (χ1v) is 4.94. The number of nitrogens with two attached hydrogens (primary N) is 1. The Morgan fingerprint density at radius 3 is 2.86 bits per heavy atom. The van der Waals surface area contributed by atoms with Gasteiger partial charge in [-0.25, -0.2) is 0 Å². The van der Waals surface area contributed by atoms with Crippen molar-refractivity contribution < 1.29 is 4.79 Å². The average Bonchev–Trinajstić information content (AvgIpc) is 2.26. The van der Waals surface area contributed by atoms with Crippen LogP contribution in [0.5, 0.6) is 0 Å². The Labute approximate surface area is 84.3 Å². The second-order valence-electron chi connectivity index (χ2n) is 3.38. The molecule has 0 saturated carbocycles. The summed E-state index contributed by atoms with van der Waals surface area (Å²) in [7, 11) is 0. The summed E-state index contributed by atoms with van der Waals surface area (Å²) < 4.78 is 0. The van der Waals surface area contributed by atoms with Gasteiger partial charge in [0, 0.05) is 17.8 Å². The van der Waals surface area contributed by atoms with E-state index in [2.05, 4.69) is 11.9 Å². The molecular formula is C11H16N2O. The Morgan fingerprint density at radius 2 is 2.36 bits per heavy atom. The molecule has 0 aliphatic carbocycles. The number of aldehydes is 1. The molecule has 3 heteroatoms. The second-order valence-corrected chi connectivity index (χ2v) is 3.38. The molecule has 0 bridgehead atoms. The van der Waals surface area contributed by atoms with Crippen molar-refractivity contribution in [3.05, 3.63) is 29.6 Å². The van der Waals surface area contributed by atoms with Gasteiger partial charge in [0.2, 0.25) is 0 Å². The number of aromatic nitrogens is 1. The smallest absolute Gasteiger partial charge is 0.151 e. The molecular weight excluding hydrogens is 176 g/mol. The number of rotatable bonds is 5. The summed E-state index contributed by atoms with van der Waals surface area (Å²) in [5, 5.41) is 0. The maximum Gasteiger partial charge on any atom is 0.151 e. The number of carbonyl (C=O) groups excluding carboxylic acids is 1. The predicted octanol–water partition coefficient (Wildman–Crippen LogP) is 2.08. The first kappa shape index (κ1) is 10.9. The first-order valence-electron chi connectivity index (χ1n) is 4.94. The molecule has 3 nitrogen and oxygen atoms in total. The van der Waals surface area contributed by atoms with Crippen molar-refractivity contribution in [3.63, 3.8) is 0 Å². The first-order chi connectivity index (χ1) is 6.77. The summed E-state index contributed by atoms with van der Waals surface area (Å²) >= 11 is 0. The molecule has 0 aliphatic rings. The van der Waals surface area contributed by atoms with Crippen LogP contribution in [0.25, 0.3) is 0 Å². The molecule has 0 fully saturated rings. The Morgan fingerprint density at radius 1 is 1.57 bits per heavy atom.